The van der Waals surface area contributed by atoms with Crippen molar-refractivity contribution in [2.24, 2.45) is 0 Å². The van der Waals surface area contributed by atoms with E-state index in [0.717, 1.165) is 39.5 Å². The third kappa shape index (κ3) is 5.46. The van der Waals surface area contributed by atoms with Gasteiger partial charge in [-0.25, -0.2) is 4.98 Å². The van der Waals surface area contributed by atoms with E-state index >= 15 is 0 Å². The fourth-order valence-electron chi connectivity index (χ4n) is 7.15. The molecule has 0 amide bonds. The summed E-state index contributed by atoms with van der Waals surface area (Å²) in [6, 6.07) is 67.3. The minimum absolute atomic E-state index is 0.942. The van der Waals surface area contributed by atoms with Gasteiger partial charge in [-0.3, -0.25) is 0 Å². The van der Waals surface area contributed by atoms with Crippen molar-refractivity contribution in [2.45, 2.75) is 19.6 Å². The number of aromatic nitrogens is 1. The molecular weight excluding hydrogens is 671 g/mol. The maximum Gasteiger partial charge on any atom is 0.0715 e. The van der Waals surface area contributed by atoms with Gasteiger partial charge in [-0.1, -0.05) is 127 Å². The summed E-state index contributed by atoms with van der Waals surface area (Å²) in [7, 11) is 0. The maximum absolute atomic E-state index is 5.29. The molecule has 0 spiro atoms. The van der Waals surface area contributed by atoms with Crippen LogP contribution in [0, 0.1) is 0 Å². The summed E-state index contributed by atoms with van der Waals surface area (Å²) >= 11 is 3.66. The van der Waals surface area contributed by atoms with Gasteiger partial charge in [0.05, 0.1) is 34.1 Å². The Labute approximate surface area is 312 Å². The second kappa shape index (κ2) is 13.0. The Bertz CT molecular complexity index is 2330. The lowest BCUT2D eigenvalue weighted by Crippen LogP contribution is -2.14. The fraction of sp³-hybridized carbons (Fsp3) is 0. The molecule has 2 aliphatic heterocycles. The fourth-order valence-corrected chi connectivity index (χ4v) is 9.27. The van der Waals surface area contributed by atoms with Gasteiger partial charge in [0.15, 0.2) is 0 Å². The maximum atomic E-state index is 5.29. The van der Waals surface area contributed by atoms with Crippen molar-refractivity contribution in [2.75, 3.05) is 9.80 Å². The summed E-state index contributed by atoms with van der Waals surface area (Å²) in [5, 5.41) is 0. The summed E-state index contributed by atoms with van der Waals surface area (Å²) in [5.41, 5.74) is 13.4. The van der Waals surface area contributed by atoms with Crippen molar-refractivity contribution < 1.29 is 0 Å². The summed E-state index contributed by atoms with van der Waals surface area (Å²) in [4.78, 5) is 15.0. The highest BCUT2D eigenvalue weighted by Crippen LogP contribution is 2.52. The number of hydrogen-bond acceptors (Lipinski definition) is 5. The first-order valence-corrected chi connectivity index (χ1v) is 19.0. The number of nitrogens with zero attached hydrogens (tertiary/aromatic N) is 3. The van der Waals surface area contributed by atoms with Crippen molar-refractivity contribution in [3.63, 3.8) is 0 Å². The van der Waals surface area contributed by atoms with Gasteiger partial charge in [0.25, 0.3) is 0 Å². The van der Waals surface area contributed by atoms with E-state index in [1.165, 1.54) is 47.9 Å². The molecule has 0 saturated heterocycles. The van der Waals surface area contributed by atoms with E-state index in [-0.39, 0.29) is 0 Å². The standard InChI is InChI=1S/C47H31N3S2/c1-2-12-32(13-3-1)35-30-38(33-22-26-36(27-23-33)49-40-14-4-8-18-44(40)51-45-19-9-5-15-41(45)49)48-39(31-35)34-24-28-37(29-25-34)50-42-16-6-10-20-46(42)52-47-21-11-7-17-43(47)50/h1-31H. The molecule has 10 rings (SSSR count). The number of hydrogen-bond donors (Lipinski definition) is 0. The average molecular weight is 702 g/mol. The number of fused-ring (bicyclic) bond motifs is 4. The Morgan fingerprint density at radius 2 is 0.654 bits per heavy atom. The van der Waals surface area contributed by atoms with E-state index in [4.69, 9.17) is 4.98 Å². The zero-order valence-corrected chi connectivity index (χ0v) is 29.7. The Hall–Kier alpha value is -6.01. The minimum atomic E-state index is 0.942. The van der Waals surface area contributed by atoms with E-state index in [0.29, 0.717) is 0 Å². The molecule has 0 bridgehead atoms. The number of rotatable bonds is 5. The summed E-state index contributed by atoms with van der Waals surface area (Å²) in [6.45, 7) is 0. The van der Waals surface area contributed by atoms with Crippen LogP contribution in [0.5, 0.6) is 0 Å². The van der Waals surface area contributed by atoms with Crippen molar-refractivity contribution in [1.82, 2.24) is 4.98 Å². The van der Waals surface area contributed by atoms with Gasteiger partial charge in [0.2, 0.25) is 0 Å². The van der Waals surface area contributed by atoms with Crippen LogP contribution < -0.4 is 9.80 Å². The van der Waals surface area contributed by atoms with Crippen molar-refractivity contribution in [1.29, 1.82) is 0 Å². The SMILES string of the molecule is c1ccc(-c2cc(-c3ccc(N4c5ccccc5Sc5ccccc54)cc3)nc(-c3ccc(N4c5ccccc5Sc5ccccc54)cc3)c2)cc1. The quantitative estimate of drug-likeness (QED) is 0.177. The molecule has 0 aliphatic carbocycles. The lowest BCUT2D eigenvalue weighted by Gasteiger charge is -2.32. The second-order valence-corrected chi connectivity index (χ2v) is 15.0. The van der Waals surface area contributed by atoms with Crippen LogP contribution in [0.1, 0.15) is 0 Å². The Morgan fingerprint density at radius 1 is 0.308 bits per heavy atom. The first-order valence-electron chi connectivity index (χ1n) is 17.4. The van der Waals surface area contributed by atoms with Crippen LogP contribution in [0.15, 0.2) is 208 Å². The van der Waals surface area contributed by atoms with E-state index in [1.54, 1.807) is 0 Å². The molecule has 0 radical (unpaired) electrons. The van der Waals surface area contributed by atoms with Gasteiger partial charge in [0.1, 0.15) is 0 Å². The number of pyridine rings is 1. The van der Waals surface area contributed by atoms with Crippen molar-refractivity contribution >= 4 is 57.6 Å². The van der Waals surface area contributed by atoms with Gasteiger partial charge in [-0.05, 0) is 96.1 Å². The molecule has 1 aromatic heterocycles. The zero-order chi connectivity index (χ0) is 34.4. The molecule has 3 nitrogen and oxygen atoms in total. The van der Waals surface area contributed by atoms with Gasteiger partial charge >= 0.3 is 0 Å². The number of para-hydroxylation sites is 4. The Morgan fingerprint density at radius 3 is 1.04 bits per heavy atom. The molecule has 8 aromatic rings. The predicted octanol–water partition coefficient (Wildman–Crippen LogP) is 14.0. The minimum Gasteiger partial charge on any atom is -0.308 e. The summed E-state index contributed by atoms with van der Waals surface area (Å²) in [5.74, 6) is 0. The van der Waals surface area contributed by atoms with Gasteiger partial charge in [-0.15, -0.1) is 0 Å². The average Bonchev–Trinajstić information content (AvgIpc) is 3.22. The molecule has 246 valence electrons. The summed E-state index contributed by atoms with van der Waals surface area (Å²) in [6.07, 6.45) is 0. The molecule has 0 unspecified atom stereocenters. The first kappa shape index (κ1) is 30.8. The number of anilines is 6. The van der Waals surface area contributed by atoms with Crippen LogP contribution in [0.4, 0.5) is 34.1 Å². The lowest BCUT2D eigenvalue weighted by molar-refractivity contribution is 1.16. The van der Waals surface area contributed by atoms with Gasteiger partial charge in [-0.2, -0.15) is 0 Å². The molecular formula is C47H31N3S2. The van der Waals surface area contributed by atoms with Crippen LogP contribution in [-0.4, -0.2) is 4.98 Å². The predicted molar refractivity (Wildman–Crippen MR) is 218 cm³/mol. The molecule has 0 N–H and O–H groups in total. The molecule has 5 heteroatoms. The number of benzene rings is 7. The molecule has 52 heavy (non-hydrogen) atoms. The van der Waals surface area contributed by atoms with Crippen LogP contribution in [-0.2, 0) is 0 Å². The third-order valence-electron chi connectivity index (χ3n) is 9.64. The van der Waals surface area contributed by atoms with Crippen LogP contribution in [0.2, 0.25) is 0 Å². The van der Waals surface area contributed by atoms with E-state index in [1.807, 2.05) is 23.5 Å². The molecule has 7 aromatic carbocycles. The van der Waals surface area contributed by atoms with Crippen LogP contribution in [0.3, 0.4) is 0 Å². The normalized spacial score (nSPS) is 12.8. The molecule has 0 fully saturated rings. The highest BCUT2D eigenvalue weighted by atomic mass is 32.2. The van der Waals surface area contributed by atoms with Gasteiger partial charge < -0.3 is 9.80 Å². The monoisotopic (exact) mass is 701 g/mol. The molecule has 0 saturated carbocycles. The van der Waals surface area contributed by atoms with Crippen molar-refractivity contribution in [3.05, 3.63) is 188 Å². The van der Waals surface area contributed by atoms with Crippen molar-refractivity contribution in [3.8, 4) is 33.6 Å². The molecule has 3 heterocycles. The zero-order valence-electron chi connectivity index (χ0n) is 28.1. The Kier molecular flexibility index (Phi) is 7.67. The Balaban J connectivity index is 1.04. The van der Waals surface area contributed by atoms with E-state index in [9.17, 15) is 0 Å². The van der Waals surface area contributed by atoms with Crippen LogP contribution in [0.25, 0.3) is 33.6 Å². The smallest absolute Gasteiger partial charge is 0.0715 e. The molecule has 0 atom stereocenters. The third-order valence-corrected chi connectivity index (χ3v) is 11.9. The van der Waals surface area contributed by atoms with E-state index < -0.39 is 0 Å². The van der Waals surface area contributed by atoms with Crippen LogP contribution >= 0.6 is 23.5 Å². The van der Waals surface area contributed by atoms with E-state index in [2.05, 4.69) is 198 Å². The lowest BCUT2D eigenvalue weighted by atomic mass is 9.99. The second-order valence-electron chi connectivity index (χ2n) is 12.8. The molecule has 2 aliphatic rings. The highest BCUT2D eigenvalue weighted by Gasteiger charge is 2.26. The first-order chi connectivity index (χ1) is 25.8. The van der Waals surface area contributed by atoms with Gasteiger partial charge in [0, 0.05) is 42.1 Å². The largest absolute Gasteiger partial charge is 0.308 e. The summed E-state index contributed by atoms with van der Waals surface area (Å²) < 4.78 is 0. The highest BCUT2D eigenvalue weighted by molar-refractivity contribution is 8.00. The topological polar surface area (TPSA) is 19.4 Å².